The average molecular weight is 852 g/mol. The van der Waals surface area contributed by atoms with E-state index in [0.717, 1.165) is 16.8 Å². The molecular formula is C37H50N5O16P. The first-order chi connectivity index (χ1) is 28.5. The molecule has 3 rings (SSSR count). The second kappa shape index (κ2) is 27.4. The number of benzene rings is 1. The van der Waals surface area contributed by atoms with Crippen molar-refractivity contribution < 1.29 is 71.2 Å². The van der Waals surface area contributed by atoms with Crippen molar-refractivity contribution in [3.63, 3.8) is 0 Å². The molecule has 2 aromatic heterocycles. The lowest BCUT2D eigenvalue weighted by Gasteiger charge is -2.20. The molecule has 0 amide bonds. The van der Waals surface area contributed by atoms with Gasteiger partial charge in [0.1, 0.15) is 25.5 Å². The molecule has 0 aliphatic carbocycles. The van der Waals surface area contributed by atoms with Gasteiger partial charge in [-0.15, -0.1) is 5.10 Å². The minimum atomic E-state index is -4.52. The maximum atomic E-state index is 12.2. The number of hydrogen-bond donors (Lipinski definition) is 3. The second-order valence-electron chi connectivity index (χ2n) is 12.5. The van der Waals surface area contributed by atoms with E-state index in [1.165, 1.54) is 10.7 Å². The van der Waals surface area contributed by atoms with E-state index in [1.807, 2.05) is 48.4 Å². The first kappa shape index (κ1) is 48.1. The third kappa shape index (κ3) is 20.3. The molecule has 21 nitrogen and oxygen atoms in total. The molecule has 3 N–H and O–H groups in total. The summed E-state index contributed by atoms with van der Waals surface area (Å²) < 4.78 is 53.2. The van der Waals surface area contributed by atoms with Gasteiger partial charge in [-0.2, -0.15) is 0 Å². The number of aliphatic hydroxyl groups excluding tert-OH is 1. The van der Waals surface area contributed by atoms with Gasteiger partial charge in [0.05, 0.1) is 51.9 Å². The van der Waals surface area contributed by atoms with Crippen molar-refractivity contribution in [1.29, 1.82) is 0 Å². The summed E-state index contributed by atoms with van der Waals surface area (Å²) in [5.41, 5.74) is 3.15. The molecule has 0 spiro atoms. The molecule has 0 saturated heterocycles. The number of phosphoric ester groups is 1. The van der Waals surface area contributed by atoms with Crippen LogP contribution in [0.5, 0.6) is 0 Å². The zero-order valence-electron chi connectivity index (χ0n) is 32.5. The SMILES string of the molecule is CN(CCOCC(CO)n1cc(COC(=O)CCCOCCOC(=O)CCCOP(=O)(O)OCC(COC=O)OC=O)nn1)c1ccc(/C=C/c2ccc(=O)[nH]c2)cc1. The van der Waals surface area contributed by atoms with Crippen LogP contribution in [0.25, 0.3) is 12.2 Å². The first-order valence-corrected chi connectivity index (χ1v) is 19.9. The zero-order chi connectivity index (χ0) is 42.7. The first-order valence-electron chi connectivity index (χ1n) is 18.4. The van der Waals surface area contributed by atoms with E-state index in [-0.39, 0.29) is 90.6 Å². The average Bonchev–Trinajstić information content (AvgIpc) is 3.71. The predicted molar refractivity (Wildman–Crippen MR) is 207 cm³/mol. The predicted octanol–water partition coefficient (Wildman–Crippen LogP) is 1.83. The topological polar surface area (TPSA) is 266 Å². The Morgan fingerprint density at radius 1 is 0.881 bits per heavy atom. The molecule has 3 aromatic rings. The molecule has 2 heterocycles. The van der Waals surface area contributed by atoms with Gasteiger partial charge in [0.15, 0.2) is 6.10 Å². The van der Waals surface area contributed by atoms with Crippen LogP contribution in [0, 0.1) is 0 Å². The number of pyridine rings is 1. The van der Waals surface area contributed by atoms with Crippen molar-refractivity contribution in [2.24, 2.45) is 0 Å². The van der Waals surface area contributed by atoms with Crippen LogP contribution < -0.4 is 10.5 Å². The summed E-state index contributed by atoms with van der Waals surface area (Å²) in [5.74, 6) is -1.06. The Morgan fingerprint density at radius 2 is 1.61 bits per heavy atom. The number of esters is 2. The highest BCUT2D eigenvalue weighted by Gasteiger charge is 2.24. The minimum Gasteiger partial charge on any atom is -0.464 e. The van der Waals surface area contributed by atoms with Crippen LogP contribution in [-0.2, 0) is 67.8 Å². The fourth-order valence-electron chi connectivity index (χ4n) is 4.78. The van der Waals surface area contributed by atoms with E-state index < -0.39 is 38.5 Å². The quantitative estimate of drug-likeness (QED) is 0.0266. The van der Waals surface area contributed by atoms with Gasteiger partial charge in [-0.1, -0.05) is 29.5 Å². The summed E-state index contributed by atoms with van der Waals surface area (Å²) in [6, 6.07) is 10.7. The van der Waals surface area contributed by atoms with Crippen molar-refractivity contribution >= 4 is 50.5 Å². The lowest BCUT2D eigenvalue weighted by Crippen LogP contribution is -2.25. The lowest BCUT2D eigenvalue weighted by atomic mass is 10.1. The summed E-state index contributed by atoms with van der Waals surface area (Å²) >= 11 is 0. The normalized spacial score (nSPS) is 13.3. The molecule has 0 aliphatic heterocycles. The molecular weight excluding hydrogens is 801 g/mol. The highest BCUT2D eigenvalue weighted by molar-refractivity contribution is 7.47. The number of carbonyl (C=O) groups is 4. The number of phosphoric acid groups is 1. The molecule has 59 heavy (non-hydrogen) atoms. The number of carbonyl (C=O) groups excluding carboxylic acids is 4. The van der Waals surface area contributed by atoms with Gasteiger partial charge < -0.3 is 48.3 Å². The molecule has 0 bridgehead atoms. The largest absolute Gasteiger partial charge is 0.472 e. The fourth-order valence-corrected chi connectivity index (χ4v) is 5.56. The number of likely N-dealkylation sites (N-methyl/N-ethyl adjacent to an activating group) is 1. The smallest absolute Gasteiger partial charge is 0.464 e. The third-order valence-corrected chi connectivity index (χ3v) is 8.96. The Bertz CT molecular complexity index is 1820. The number of nitrogens with zero attached hydrogens (tertiary/aromatic N) is 4. The number of hydrogen-bond acceptors (Lipinski definition) is 18. The molecule has 0 radical (unpaired) electrons. The Balaban J connectivity index is 1.20. The summed E-state index contributed by atoms with van der Waals surface area (Å²) in [6.07, 6.45) is 6.35. The number of H-pyrrole nitrogens is 1. The number of ether oxygens (including phenoxy) is 6. The van der Waals surface area contributed by atoms with E-state index in [9.17, 15) is 38.5 Å². The minimum absolute atomic E-state index is 0.0452. The Morgan fingerprint density at radius 3 is 2.32 bits per heavy atom. The van der Waals surface area contributed by atoms with Crippen LogP contribution in [0.15, 0.2) is 53.6 Å². The molecule has 22 heteroatoms. The standard InChI is InChI=1S/C37H50N5O16P/c1-41(32-11-8-29(9-12-32)6-7-30-10-13-35(46)38-20-30)14-17-52-24-33(22-43)42-21-31(39-40-42)23-55-37(48)4-2-15-51-18-19-54-36(47)5-3-16-57-59(49,50)58-26-34(56-28-45)25-53-27-44/h6-13,20-21,27-28,33-34,43H,2-5,14-19,22-26H2,1H3,(H,38,46)(H,49,50)/b7-6+. The van der Waals surface area contributed by atoms with Gasteiger partial charge in [0, 0.05) is 51.0 Å². The Hall–Kier alpha value is -5.28. The van der Waals surface area contributed by atoms with Crippen molar-refractivity contribution in [3.8, 4) is 0 Å². The summed E-state index contributed by atoms with van der Waals surface area (Å²) in [6.45, 7) is -0.00442. The second-order valence-corrected chi connectivity index (χ2v) is 14.0. The Labute approximate surface area is 339 Å². The highest BCUT2D eigenvalue weighted by atomic mass is 31.2. The van der Waals surface area contributed by atoms with Crippen molar-refractivity contribution in [2.75, 3.05) is 78.0 Å². The highest BCUT2D eigenvalue weighted by Crippen LogP contribution is 2.43. The molecule has 3 atom stereocenters. The molecule has 0 aliphatic rings. The Kier molecular flexibility index (Phi) is 22.3. The molecule has 3 unspecified atom stereocenters. The number of aromatic nitrogens is 4. The van der Waals surface area contributed by atoms with Gasteiger partial charge in [-0.05, 0) is 42.2 Å². The van der Waals surface area contributed by atoms with Gasteiger partial charge in [0.2, 0.25) is 5.56 Å². The third-order valence-electron chi connectivity index (χ3n) is 7.98. The van der Waals surface area contributed by atoms with Crippen LogP contribution in [0.1, 0.15) is 48.5 Å². The summed E-state index contributed by atoms with van der Waals surface area (Å²) in [7, 11) is -2.57. The van der Waals surface area contributed by atoms with Crippen molar-refractivity contribution in [1.82, 2.24) is 20.0 Å². The molecule has 1 aromatic carbocycles. The van der Waals surface area contributed by atoms with Gasteiger partial charge in [-0.3, -0.25) is 33.0 Å². The number of aliphatic hydroxyl groups is 1. The fraction of sp³-hybridized carbons (Fsp3) is 0.486. The monoisotopic (exact) mass is 851 g/mol. The van der Waals surface area contributed by atoms with Gasteiger partial charge in [0.25, 0.3) is 12.9 Å². The summed E-state index contributed by atoms with van der Waals surface area (Å²) in [5, 5.41) is 18.0. The van der Waals surface area contributed by atoms with E-state index in [0.29, 0.717) is 25.3 Å². The van der Waals surface area contributed by atoms with E-state index in [1.54, 1.807) is 18.5 Å². The van der Waals surface area contributed by atoms with Crippen LogP contribution >= 0.6 is 7.82 Å². The maximum Gasteiger partial charge on any atom is 0.472 e. The van der Waals surface area contributed by atoms with Crippen LogP contribution in [0.2, 0.25) is 0 Å². The van der Waals surface area contributed by atoms with E-state index in [4.69, 9.17) is 23.5 Å². The van der Waals surface area contributed by atoms with Gasteiger partial charge >= 0.3 is 19.8 Å². The molecule has 0 fully saturated rings. The lowest BCUT2D eigenvalue weighted by molar-refractivity contribution is -0.145. The number of rotatable bonds is 32. The van der Waals surface area contributed by atoms with Crippen molar-refractivity contribution in [3.05, 3.63) is 76.0 Å². The van der Waals surface area contributed by atoms with E-state index >= 15 is 0 Å². The molecule has 0 saturated carbocycles. The summed E-state index contributed by atoms with van der Waals surface area (Å²) in [4.78, 5) is 70.3. The maximum absolute atomic E-state index is 12.2. The number of anilines is 1. The van der Waals surface area contributed by atoms with Crippen LogP contribution in [0.4, 0.5) is 5.69 Å². The van der Waals surface area contributed by atoms with Crippen LogP contribution in [0.3, 0.4) is 0 Å². The number of nitrogens with one attached hydrogen (secondary N) is 1. The number of aromatic amines is 1. The van der Waals surface area contributed by atoms with Crippen molar-refractivity contribution in [2.45, 2.75) is 44.4 Å². The van der Waals surface area contributed by atoms with Gasteiger partial charge in [-0.25, -0.2) is 9.25 Å². The van der Waals surface area contributed by atoms with E-state index in [2.05, 4.69) is 29.3 Å². The molecule has 324 valence electrons. The van der Waals surface area contributed by atoms with Crippen LogP contribution in [-0.4, -0.2) is 134 Å². The zero-order valence-corrected chi connectivity index (χ0v) is 33.4.